The minimum atomic E-state index is -2.40. The molecule has 0 bridgehead atoms. The fourth-order valence-electron chi connectivity index (χ4n) is 2.72. The van der Waals surface area contributed by atoms with E-state index in [-0.39, 0.29) is 0 Å². The van der Waals surface area contributed by atoms with Crippen molar-refractivity contribution in [1.82, 2.24) is 0 Å². The van der Waals surface area contributed by atoms with Gasteiger partial charge in [-0.3, -0.25) is 0 Å². The van der Waals surface area contributed by atoms with Gasteiger partial charge in [0.15, 0.2) is 0 Å². The summed E-state index contributed by atoms with van der Waals surface area (Å²) in [6.45, 7) is 8.92. The van der Waals surface area contributed by atoms with Crippen LogP contribution in [0.4, 0.5) is 0 Å². The number of nitrogens with two attached hydrogens (primary N) is 1. The summed E-state index contributed by atoms with van der Waals surface area (Å²) in [6.07, 6.45) is 11.6. The Labute approximate surface area is 139 Å². The van der Waals surface area contributed by atoms with Crippen LogP contribution in [0, 0.1) is 0 Å². The van der Waals surface area contributed by atoms with Gasteiger partial charge in [0.05, 0.1) is 0 Å². The van der Waals surface area contributed by atoms with E-state index in [0.29, 0.717) is 19.8 Å². The average molecular weight is 334 g/mol. The van der Waals surface area contributed by atoms with Gasteiger partial charge in [0, 0.05) is 25.9 Å². The quantitative estimate of drug-likeness (QED) is 0.314. The zero-order chi connectivity index (χ0) is 16.5. The van der Waals surface area contributed by atoms with E-state index in [2.05, 4.69) is 0 Å². The largest absolute Gasteiger partial charge is 0.500 e. The van der Waals surface area contributed by atoms with E-state index in [9.17, 15) is 0 Å². The molecular formula is C17H39NO3Si. The van der Waals surface area contributed by atoms with Crippen molar-refractivity contribution < 1.29 is 13.3 Å². The van der Waals surface area contributed by atoms with Crippen molar-refractivity contribution >= 4 is 8.80 Å². The average Bonchev–Trinajstić information content (AvgIpc) is 2.50. The Hall–Kier alpha value is 0.0569. The van der Waals surface area contributed by atoms with Crippen LogP contribution in [-0.4, -0.2) is 35.2 Å². The highest BCUT2D eigenvalue weighted by Gasteiger charge is 2.39. The van der Waals surface area contributed by atoms with Crippen LogP contribution in [0.15, 0.2) is 0 Å². The van der Waals surface area contributed by atoms with E-state index >= 15 is 0 Å². The molecule has 0 unspecified atom stereocenters. The Kier molecular flexibility index (Phi) is 16.0. The lowest BCUT2D eigenvalue weighted by Crippen LogP contribution is -2.45. The molecular weight excluding hydrogens is 294 g/mol. The van der Waals surface area contributed by atoms with Gasteiger partial charge in [0.25, 0.3) is 0 Å². The fraction of sp³-hybridized carbons (Fsp3) is 1.00. The van der Waals surface area contributed by atoms with Crippen LogP contribution in [0.3, 0.4) is 0 Å². The van der Waals surface area contributed by atoms with Crippen molar-refractivity contribution in [3.05, 3.63) is 0 Å². The third-order valence-electron chi connectivity index (χ3n) is 3.78. The summed E-state index contributed by atoms with van der Waals surface area (Å²) < 4.78 is 17.6. The molecule has 0 saturated carbocycles. The molecule has 0 aliphatic heterocycles. The minimum Gasteiger partial charge on any atom is -0.374 e. The highest BCUT2D eigenvalue weighted by Crippen LogP contribution is 2.20. The Morgan fingerprint density at radius 2 is 0.955 bits per heavy atom. The predicted molar refractivity (Wildman–Crippen MR) is 96.0 cm³/mol. The molecule has 0 aromatic rings. The van der Waals surface area contributed by atoms with Gasteiger partial charge in [-0.2, -0.15) is 0 Å². The Morgan fingerprint density at radius 3 is 1.32 bits per heavy atom. The summed E-state index contributed by atoms with van der Waals surface area (Å²) in [5.41, 5.74) is 5.50. The first-order valence-electron chi connectivity index (χ1n) is 9.36. The third-order valence-corrected chi connectivity index (χ3v) is 6.93. The second kappa shape index (κ2) is 15.9. The van der Waals surface area contributed by atoms with Gasteiger partial charge in [-0.25, -0.2) is 0 Å². The summed E-state index contributed by atoms with van der Waals surface area (Å²) in [5, 5.41) is 0. The molecule has 2 N–H and O–H groups in total. The lowest BCUT2D eigenvalue weighted by atomic mass is 10.1. The van der Waals surface area contributed by atoms with E-state index in [1.165, 1.54) is 51.4 Å². The number of hydrogen-bond donors (Lipinski definition) is 1. The van der Waals surface area contributed by atoms with Gasteiger partial charge < -0.3 is 19.0 Å². The summed E-state index contributed by atoms with van der Waals surface area (Å²) in [6, 6.07) is 0.957. The predicted octanol–water partition coefficient (Wildman–Crippen LogP) is 4.50. The number of rotatable bonds is 17. The van der Waals surface area contributed by atoms with Gasteiger partial charge in [-0.05, 0) is 40.2 Å². The van der Waals surface area contributed by atoms with Crippen molar-refractivity contribution in [2.45, 2.75) is 84.6 Å². The molecule has 0 radical (unpaired) electrons. The van der Waals surface area contributed by atoms with E-state index in [1.54, 1.807) is 0 Å². The highest BCUT2D eigenvalue weighted by molar-refractivity contribution is 6.60. The van der Waals surface area contributed by atoms with Crippen LogP contribution in [0.5, 0.6) is 0 Å². The molecule has 0 aromatic carbocycles. The molecule has 0 aliphatic rings. The first kappa shape index (κ1) is 22.1. The van der Waals surface area contributed by atoms with E-state index in [0.717, 1.165) is 19.0 Å². The molecule has 0 spiro atoms. The minimum absolute atomic E-state index is 0.676. The first-order valence-corrected chi connectivity index (χ1v) is 11.3. The second-order valence-electron chi connectivity index (χ2n) is 5.70. The van der Waals surface area contributed by atoms with Gasteiger partial charge in [-0.1, -0.05) is 44.9 Å². The van der Waals surface area contributed by atoms with Crippen LogP contribution in [0.2, 0.25) is 6.04 Å². The van der Waals surface area contributed by atoms with Crippen molar-refractivity contribution in [2.24, 2.45) is 5.73 Å². The van der Waals surface area contributed by atoms with Crippen LogP contribution in [0.25, 0.3) is 0 Å². The van der Waals surface area contributed by atoms with E-state index in [4.69, 9.17) is 19.0 Å². The monoisotopic (exact) mass is 333 g/mol. The summed E-state index contributed by atoms with van der Waals surface area (Å²) in [5.74, 6) is 0. The molecule has 0 aliphatic carbocycles. The molecule has 0 amide bonds. The number of hydrogen-bond acceptors (Lipinski definition) is 4. The summed E-state index contributed by atoms with van der Waals surface area (Å²) in [7, 11) is -2.40. The molecule has 0 saturated heterocycles. The Morgan fingerprint density at radius 1 is 0.591 bits per heavy atom. The van der Waals surface area contributed by atoms with Crippen molar-refractivity contribution in [1.29, 1.82) is 0 Å². The normalized spacial score (nSPS) is 12.0. The SMILES string of the molecule is CCO[Si](CCCCCCCCCCCN)(OCC)OCC. The molecule has 134 valence electrons. The lowest BCUT2D eigenvalue weighted by molar-refractivity contribution is 0.0706. The molecule has 0 rings (SSSR count). The summed E-state index contributed by atoms with van der Waals surface area (Å²) >= 11 is 0. The van der Waals surface area contributed by atoms with Crippen molar-refractivity contribution in [2.75, 3.05) is 26.4 Å². The number of unbranched alkanes of at least 4 members (excludes halogenated alkanes) is 8. The van der Waals surface area contributed by atoms with Gasteiger partial charge in [0.1, 0.15) is 0 Å². The van der Waals surface area contributed by atoms with Gasteiger partial charge in [0.2, 0.25) is 0 Å². The highest BCUT2D eigenvalue weighted by atomic mass is 28.4. The molecule has 4 nitrogen and oxygen atoms in total. The molecule has 22 heavy (non-hydrogen) atoms. The molecule has 0 aromatic heterocycles. The third kappa shape index (κ3) is 11.6. The standard InChI is InChI=1S/C17H39NO3Si/c1-4-19-22(20-5-2,21-6-3)17-15-13-11-9-7-8-10-12-14-16-18/h4-18H2,1-3H3. The molecule has 0 atom stereocenters. The molecule has 0 fully saturated rings. The first-order chi connectivity index (χ1) is 10.7. The van der Waals surface area contributed by atoms with Gasteiger partial charge in [-0.15, -0.1) is 0 Å². The maximum atomic E-state index is 5.88. The zero-order valence-corrected chi connectivity index (χ0v) is 16.2. The maximum Gasteiger partial charge on any atom is 0.500 e. The van der Waals surface area contributed by atoms with Crippen molar-refractivity contribution in [3.63, 3.8) is 0 Å². The molecule has 5 heteroatoms. The molecule has 0 heterocycles. The van der Waals surface area contributed by atoms with Crippen molar-refractivity contribution in [3.8, 4) is 0 Å². The van der Waals surface area contributed by atoms with Crippen LogP contribution in [-0.2, 0) is 13.3 Å². The van der Waals surface area contributed by atoms with Crippen LogP contribution in [0.1, 0.15) is 78.6 Å². The van der Waals surface area contributed by atoms with E-state index in [1.807, 2.05) is 20.8 Å². The van der Waals surface area contributed by atoms with Gasteiger partial charge >= 0.3 is 8.80 Å². The Bertz CT molecular complexity index is 213. The second-order valence-corrected chi connectivity index (χ2v) is 8.43. The van der Waals surface area contributed by atoms with E-state index < -0.39 is 8.80 Å². The topological polar surface area (TPSA) is 53.7 Å². The Balaban J connectivity index is 3.70. The maximum absolute atomic E-state index is 5.88. The van der Waals surface area contributed by atoms with Crippen LogP contribution < -0.4 is 5.73 Å². The zero-order valence-electron chi connectivity index (χ0n) is 15.2. The summed E-state index contributed by atoms with van der Waals surface area (Å²) in [4.78, 5) is 0. The fourth-order valence-corrected chi connectivity index (χ4v) is 5.41. The smallest absolute Gasteiger partial charge is 0.374 e. The van der Waals surface area contributed by atoms with Crippen LogP contribution >= 0.6 is 0 Å². The lowest BCUT2D eigenvalue weighted by Gasteiger charge is -2.28.